The number of nitrogens with two attached hydrogens (primary N) is 2. The van der Waals surface area contributed by atoms with Gasteiger partial charge in [-0.25, -0.2) is 4.98 Å². The van der Waals surface area contributed by atoms with Crippen LogP contribution in [-0.2, 0) is 12.7 Å². The second kappa shape index (κ2) is 4.52. The van der Waals surface area contributed by atoms with E-state index in [1.807, 2.05) is 0 Å². The third-order valence-electron chi connectivity index (χ3n) is 1.83. The quantitative estimate of drug-likeness (QED) is 0.810. The smallest absolute Gasteiger partial charge is 0.398 e. The molecule has 102 valence electrons. The normalized spacial score (nSPS) is 12.6. The summed E-state index contributed by atoms with van der Waals surface area (Å²) in [6, 6.07) is 0.394. The molecule has 0 fully saturated rings. The SMILES string of the molecule is NCc1c(N)cc(C(F)(F)F)nc1OC(F)(F)F. The van der Waals surface area contributed by atoms with Gasteiger partial charge in [0, 0.05) is 12.2 Å². The third kappa shape index (κ3) is 3.39. The van der Waals surface area contributed by atoms with Crippen LogP contribution in [0, 0.1) is 0 Å². The molecule has 1 heterocycles. The second-order valence-corrected chi connectivity index (χ2v) is 3.13. The van der Waals surface area contributed by atoms with E-state index in [0.717, 1.165) is 0 Å². The van der Waals surface area contributed by atoms with Crippen molar-refractivity contribution < 1.29 is 31.1 Å². The average molecular weight is 275 g/mol. The molecule has 0 bridgehead atoms. The Morgan fingerprint density at radius 1 is 1.17 bits per heavy atom. The van der Waals surface area contributed by atoms with Gasteiger partial charge in [0.05, 0.1) is 5.56 Å². The standard InChI is InChI=1S/C8H7F6N3O/c9-7(10,11)5-1-4(16)3(2-15)6(17-5)18-8(12,13)14/h1H,2,15H2,(H2,16,17). The van der Waals surface area contributed by atoms with Crippen LogP contribution in [0.25, 0.3) is 0 Å². The maximum atomic E-state index is 12.3. The van der Waals surface area contributed by atoms with Gasteiger partial charge in [0.1, 0.15) is 0 Å². The zero-order valence-electron chi connectivity index (χ0n) is 8.56. The molecule has 0 unspecified atom stereocenters. The number of rotatable bonds is 2. The molecule has 1 rings (SSSR count). The number of ether oxygens (including phenoxy) is 1. The summed E-state index contributed by atoms with van der Waals surface area (Å²) in [7, 11) is 0. The van der Waals surface area contributed by atoms with E-state index in [4.69, 9.17) is 11.5 Å². The van der Waals surface area contributed by atoms with Gasteiger partial charge in [-0.15, -0.1) is 13.2 Å². The van der Waals surface area contributed by atoms with Crippen LogP contribution in [0.15, 0.2) is 6.07 Å². The molecule has 1 aromatic rings. The van der Waals surface area contributed by atoms with Crippen LogP contribution in [0.5, 0.6) is 5.88 Å². The molecule has 0 atom stereocenters. The molecule has 0 amide bonds. The minimum Gasteiger partial charge on any atom is -0.398 e. The van der Waals surface area contributed by atoms with E-state index >= 15 is 0 Å². The monoisotopic (exact) mass is 275 g/mol. The van der Waals surface area contributed by atoms with Gasteiger partial charge in [-0.05, 0) is 6.07 Å². The number of aromatic nitrogens is 1. The first-order chi connectivity index (χ1) is 8.04. The van der Waals surface area contributed by atoms with Crippen molar-refractivity contribution in [2.45, 2.75) is 19.1 Å². The Morgan fingerprint density at radius 2 is 1.72 bits per heavy atom. The minimum atomic E-state index is -5.19. The number of alkyl halides is 6. The van der Waals surface area contributed by atoms with Crippen LogP contribution in [-0.4, -0.2) is 11.3 Å². The molecule has 10 heteroatoms. The maximum Gasteiger partial charge on any atom is 0.574 e. The van der Waals surface area contributed by atoms with E-state index in [0.29, 0.717) is 6.07 Å². The van der Waals surface area contributed by atoms with Gasteiger partial charge in [-0.1, -0.05) is 0 Å². The van der Waals surface area contributed by atoms with Crippen LogP contribution >= 0.6 is 0 Å². The van der Waals surface area contributed by atoms with Crippen molar-refractivity contribution >= 4 is 5.69 Å². The summed E-state index contributed by atoms with van der Waals surface area (Å²) in [6.45, 7) is -0.539. The molecule has 0 aliphatic rings. The van der Waals surface area contributed by atoms with Gasteiger partial charge in [-0.2, -0.15) is 13.2 Å². The van der Waals surface area contributed by atoms with Crippen LogP contribution in [0.4, 0.5) is 32.0 Å². The highest BCUT2D eigenvalue weighted by atomic mass is 19.4. The van der Waals surface area contributed by atoms with Crippen molar-refractivity contribution in [3.05, 3.63) is 17.3 Å². The van der Waals surface area contributed by atoms with Crippen molar-refractivity contribution in [2.75, 3.05) is 5.73 Å². The Labute approximate surface area is 96.5 Å². The summed E-state index contributed by atoms with van der Waals surface area (Å²) in [4.78, 5) is 2.73. The highest BCUT2D eigenvalue weighted by molar-refractivity contribution is 5.53. The summed E-state index contributed by atoms with van der Waals surface area (Å²) < 4.78 is 76.3. The van der Waals surface area contributed by atoms with Crippen molar-refractivity contribution in [1.82, 2.24) is 4.98 Å². The maximum absolute atomic E-state index is 12.3. The molecular weight excluding hydrogens is 268 g/mol. The Morgan fingerprint density at radius 3 is 2.11 bits per heavy atom. The third-order valence-corrected chi connectivity index (χ3v) is 1.83. The van der Waals surface area contributed by atoms with Gasteiger partial charge in [0.25, 0.3) is 0 Å². The van der Waals surface area contributed by atoms with E-state index in [1.165, 1.54) is 0 Å². The predicted molar refractivity (Wildman–Crippen MR) is 48.2 cm³/mol. The summed E-state index contributed by atoms with van der Waals surface area (Å²) in [5, 5.41) is 0. The van der Waals surface area contributed by atoms with Crippen molar-refractivity contribution in [3.8, 4) is 5.88 Å². The summed E-state index contributed by atoms with van der Waals surface area (Å²) >= 11 is 0. The molecule has 0 saturated heterocycles. The van der Waals surface area contributed by atoms with Gasteiger partial charge in [-0.3, -0.25) is 0 Å². The van der Waals surface area contributed by atoms with Crippen LogP contribution in [0.3, 0.4) is 0 Å². The number of hydrogen-bond donors (Lipinski definition) is 2. The number of halogens is 6. The fraction of sp³-hybridized carbons (Fsp3) is 0.375. The summed E-state index contributed by atoms with van der Waals surface area (Å²) in [6.07, 6.45) is -10.1. The highest BCUT2D eigenvalue weighted by Gasteiger charge is 2.37. The lowest BCUT2D eigenvalue weighted by molar-refractivity contribution is -0.276. The van der Waals surface area contributed by atoms with Gasteiger partial charge in [0.15, 0.2) is 5.69 Å². The second-order valence-electron chi connectivity index (χ2n) is 3.13. The number of nitrogen functional groups attached to an aromatic ring is 1. The molecule has 0 aliphatic carbocycles. The molecule has 0 aromatic carbocycles. The Hall–Kier alpha value is -1.71. The van der Waals surface area contributed by atoms with Crippen LogP contribution in [0.1, 0.15) is 11.3 Å². The lowest BCUT2D eigenvalue weighted by Crippen LogP contribution is -2.22. The largest absolute Gasteiger partial charge is 0.574 e. The van der Waals surface area contributed by atoms with E-state index in [2.05, 4.69) is 9.72 Å². The highest BCUT2D eigenvalue weighted by Crippen LogP contribution is 2.34. The van der Waals surface area contributed by atoms with Crippen LogP contribution < -0.4 is 16.2 Å². The number of nitrogens with zero attached hydrogens (tertiary/aromatic N) is 1. The van der Waals surface area contributed by atoms with Gasteiger partial charge < -0.3 is 16.2 Å². The lowest BCUT2D eigenvalue weighted by Gasteiger charge is -2.15. The molecule has 0 saturated carbocycles. The van der Waals surface area contributed by atoms with Crippen molar-refractivity contribution in [3.63, 3.8) is 0 Å². The zero-order valence-corrected chi connectivity index (χ0v) is 8.56. The molecule has 0 aliphatic heterocycles. The van der Waals surface area contributed by atoms with Gasteiger partial charge >= 0.3 is 12.5 Å². The summed E-state index contributed by atoms with van der Waals surface area (Å²) in [5.74, 6) is -1.29. The number of pyridine rings is 1. The first-order valence-electron chi connectivity index (χ1n) is 4.37. The molecule has 0 spiro atoms. The average Bonchev–Trinajstić information content (AvgIpc) is 2.13. The minimum absolute atomic E-state index is 0.394. The Kier molecular flexibility index (Phi) is 3.60. The lowest BCUT2D eigenvalue weighted by atomic mass is 10.2. The van der Waals surface area contributed by atoms with Crippen LogP contribution in [0.2, 0.25) is 0 Å². The van der Waals surface area contributed by atoms with Crippen molar-refractivity contribution in [1.29, 1.82) is 0 Å². The van der Waals surface area contributed by atoms with Gasteiger partial charge in [0.2, 0.25) is 5.88 Å². The first kappa shape index (κ1) is 14.4. The van der Waals surface area contributed by atoms with E-state index in [-0.39, 0.29) is 0 Å². The molecule has 4 nitrogen and oxygen atoms in total. The molecule has 1 aromatic heterocycles. The zero-order chi connectivity index (χ0) is 14.1. The fourth-order valence-corrected chi connectivity index (χ4v) is 1.11. The molecule has 4 N–H and O–H groups in total. The molecule has 0 radical (unpaired) electrons. The Balaban J connectivity index is 3.33. The van der Waals surface area contributed by atoms with E-state index in [1.54, 1.807) is 0 Å². The fourth-order valence-electron chi connectivity index (χ4n) is 1.11. The first-order valence-corrected chi connectivity index (χ1v) is 4.37. The van der Waals surface area contributed by atoms with E-state index < -0.39 is 41.9 Å². The predicted octanol–water partition coefficient (Wildman–Crippen LogP) is 2.04. The Bertz CT molecular complexity index is 442. The van der Waals surface area contributed by atoms with E-state index in [9.17, 15) is 26.3 Å². The molecule has 18 heavy (non-hydrogen) atoms. The number of hydrogen-bond acceptors (Lipinski definition) is 4. The summed E-state index contributed by atoms with van der Waals surface area (Å²) in [5.41, 5.74) is 7.66. The molecular formula is C8H7F6N3O. The number of anilines is 1. The van der Waals surface area contributed by atoms with Crippen molar-refractivity contribution in [2.24, 2.45) is 5.73 Å². The topological polar surface area (TPSA) is 74.2 Å².